The smallest absolute Gasteiger partial charge is 0.321 e. The van der Waals surface area contributed by atoms with Crippen molar-refractivity contribution in [2.24, 2.45) is 5.73 Å². The number of benzene rings is 1. The van der Waals surface area contributed by atoms with Crippen molar-refractivity contribution in [3.8, 4) is 5.75 Å². The Kier molecular flexibility index (Phi) is 3.45. The van der Waals surface area contributed by atoms with Crippen LogP contribution in [0.3, 0.4) is 0 Å². The molecule has 1 atom stereocenters. The van der Waals surface area contributed by atoms with Gasteiger partial charge in [-0.05, 0) is 17.7 Å². The maximum atomic E-state index is 10.9. The maximum Gasteiger partial charge on any atom is 0.321 e. The number of phenolic OH excluding ortho intramolecular Hbond substituents is 1. The highest BCUT2D eigenvalue weighted by Crippen LogP contribution is 2.32. The zero-order chi connectivity index (χ0) is 12.5. The standard InChI is InChI=1S/C11H14ClNO3/c1-11(2,9(13)10(15)16)6-3-4-8(14)7(12)5-6/h3-5,9,14H,13H2,1-2H3,(H,15,16). The van der Waals surface area contributed by atoms with Crippen LogP contribution in [0.2, 0.25) is 5.02 Å². The van der Waals surface area contributed by atoms with E-state index in [2.05, 4.69) is 0 Å². The minimum Gasteiger partial charge on any atom is -0.506 e. The summed E-state index contributed by atoms with van der Waals surface area (Å²) in [6.45, 7) is 3.43. The molecule has 1 rings (SSSR count). The van der Waals surface area contributed by atoms with E-state index in [0.29, 0.717) is 5.56 Å². The second-order valence-corrected chi connectivity index (χ2v) is 4.61. The van der Waals surface area contributed by atoms with E-state index in [0.717, 1.165) is 0 Å². The third-order valence-corrected chi connectivity index (χ3v) is 3.04. The van der Waals surface area contributed by atoms with Crippen molar-refractivity contribution in [3.63, 3.8) is 0 Å². The molecule has 0 aliphatic heterocycles. The molecule has 1 aromatic rings. The van der Waals surface area contributed by atoms with Gasteiger partial charge in [-0.15, -0.1) is 0 Å². The Morgan fingerprint density at radius 1 is 1.50 bits per heavy atom. The molecule has 0 bridgehead atoms. The number of carboxylic acid groups (broad SMARTS) is 1. The van der Waals surface area contributed by atoms with E-state index >= 15 is 0 Å². The average molecular weight is 244 g/mol. The fourth-order valence-corrected chi connectivity index (χ4v) is 1.58. The first-order valence-electron chi connectivity index (χ1n) is 4.74. The molecule has 0 amide bonds. The summed E-state index contributed by atoms with van der Waals surface area (Å²) < 4.78 is 0. The van der Waals surface area contributed by atoms with Gasteiger partial charge in [0.1, 0.15) is 11.8 Å². The van der Waals surface area contributed by atoms with Gasteiger partial charge in [0.25, 0.3) is 0 Å². The number of carbonyl (C=O) groups is 1. The van der Waals surface area contributed by atoms with Crippen molar-refractivity contribution in [3.05, 3.63) is 28.8 Å². The van der Waals surface area contributed by atoms with Crippen LogP contribution in [-0.4, -0.2) is 22.2 Å². The lowest BCUT2D eigenvalue weighted by atomic mass is 9.78. The molecule has 0 aliphatic carbocycles. The molecule has 0 radical (unpaired) electrons. The molecule has 5 heteroatoms. The lowest BCUT2D eigenvalue weighted by molar-refractivity contribution is -0.140. The quantitative estimate of drug-likeness (QED) is 0.755. The largest absolute Gasteiger partial charge is 0.506 e. The van der Waals surface area contributed by atoms with Crippen LogP contribution in [0.4, 0.5) is 0 Å². The van der Waals surface area contributed by atoms with Crippen LogP contribution in [-0.2, 0) is 10.2 Å². The van der Waals surface area contributed by atoms with Crippen LogP contribution in [0.15, 0.2) is 18.2 Å². The highest BCUT2D eigenvalue weighted by atomic mass is 35.5. The van der Waals surface area contributed by atoms with Crippen LogP contribution in [0.5, 0.6) is 5.75 Å². The van der Waals surface area contributed by atoms with Crippen molar-refractivity contribution in [2.45, 2.75) is 25.3 Å². The number of carboxylic acids is 1. The molecule has 4 N–H and O–H groups in total. The maximum absolute atomic E-state index is 10.9. The molecule has 1 aromatic carbocycles. The van der Waals surface area contributed by atoms with Crippen LogP contribution in [0, 0.1) is 0 Å². The first-order valence-corrected chi connectivity index (χ1v) is 5.12. The monoisotopic (exact) mass is 243 g/mol. The Bertz CT molecular complexity index is 418. The second kappa shape index (κ2) is 4.31. The minimum absolute atomic E-state index is 0.0369. The Labute approximate surface area is 98.6 Å². The number of hydrogen-bond donors (Lipinski definition) is 3. The summed E-state index contributed by atoms with van der Waals surface area (Å²) in [7, 11) is 0. The van der Waals surface area contributed by atoms with Crippen molar-refractivity contribution in [1.82, 2.24) is 0 Å². The molecule has 0 saturated heterocycles. The van der Waals surface area contributed by atoms with E-state index in [4.69, 9.17) is 22.4 Å². The van der Waals surface area contributed by atoms with Gasteiger partial charge >= 0.3 is 5.97 Å². The molecule has 0 heterocycles. The molecule has 0 aliphatic rings. The normalized spacial score (nSPS) is 13.5. The topological polar surface area (TPSA) is 83.5 Å². The lowest BCUT2D eigenvalue weighted by Gasteiger charge is -2.29. The van der Waals surface area contributed by atoms with Gasteiger partial charge in [0.05, 0.1) is 5.02 Å². The van der Waals surface area contributed by atoms with Crippen LogP contribution in [0.1, 0.15) is 19.4 Å². The van der Waals surface area contributed by atoms with E-state index < -0.39 is 17.4 Å². The molecule has 4 nitrogen and oxygen atoms in total. The van der Waals surface area contributed by atoms with Gasteiger partial charge in [-0.3, -0.25) is 4.79 Å². The van der Waals surface area contributed by atoms with Crippen LogP contribution < -0.4 is 5.73 Å². The summed E-state index contributed by atoms with van der Waals surface area (Å²) in [5, 5.41) is 18.4. The summed E-state index contributed by atoms with van der Waals surface area (Å²) in [4.78, 5) is 10.9. The molecular formula is C11H14ClNO3. The number of phenols is 1. The second-order valence-electron chi connectivity index (χ2n) is 4.20. The first kappa shape index (κ1) is 12.8. The summed E-state index contributed by atoms with van der Waals surface area (Å²) in [5.41, 5.74) is 5.52. The zero-order valence-electron chi connectivity index (χ0n) is 9.07. The predicted molar refractivity (Wildman–Crippen MR) is 61.8 cm³/mol. The van der Waals surface area contributed by atoms with Crippen molar-refractivity contribution >= 4 is 17.6 Å². The average Bonchev–Trinajstić information content (AvgIpc) is 2.20. The Morgan fingerprint density at radius 2 is 2.06 bits per heavy atom. The van der Waals surface area contributed by atoms with E-state index in [1.807, 2.05) is 0 Å². The molecule has 0 saturated carbocycles. The van der Waals surface area contributed by atoms with Gasteiger partial charge in [0.2, 0.25) is 0 Å². The molecule has 88 valence electrons. The third-order valence-electron chi connectivity index (χ3n) is 2.74. The van der Waals surface area contributed by atoms with E-state index in [1.165, 1.54) is 12.1 Å². The Balaban J connectivity index is 3.16. The molecule has 0 fully saturated rings. The predicted octanol–water partition coefficient (Wildman–Crippen LogP) is 1.74. The van der Waals surface area contributed by atoms with Gasteiger partial charge in [0, 0.05) is 5.41 Å². The molecule has 0 aromatic heterocycles. The summed E-state index contributed by atoms with van der Waals surface area (Å²) in [5.74, 6) is -1.11. The van der Waals surface area contributed by atoms with Gasteiger partial charge < -0.3 is 15.9 Å². The Morgan fingerprint density at radius 3 is 2.50 bits per heavy atom. The van der Waals surface area contributed by atoms with Gasteiger partial charge in [-0.25, -0.2) is 0 Å². The molecule has 1 unspecified atom stereocenters. The number of halogens is 1. The fourth-order valence-electron chi connectivity index (χ4n) is 1.40. The van der Waals surface area contributed by atoms with Crippen molar-refractivity contribution < 1.29 is 15.0 Å². The van der Waals surface area contributed by atoms with Gasteiger partial charge in [-0.1, -0.05) is 31.5 Å². The summed E-state index contributed by atoms with van der Waals surface area (Å²) >= 11 is 5.77. The highest BCUT2D eigenvalue weighted by molar-refractivity contribution is 6.32. The number of aromatic hydroxyl groups is 1. The molecular weight excluding hydrogens is 230 g/mol. The third kappa shape index (κ3) is 2.28. The lowest BCUT2D eigenvalue weighted by Crippen LogP contribution is -2.46. The number of nitrogens with two attached hydrogens (primary N) is 1. The van der Waals surface area contributed by atoms with Crippen LogP contribution in [0.25, 0.3) is 0 Å². The van der Waals surface area contributed by atoms with Gasteiger partial charge in [0.15, 0.2) is 0 Å². The first-order chi connectivity index (χ1) is 7.26. The van der Waals surface area contributed by atoms with Gasteiger partial charge in [-0.2, -0.15) is 0 Å². The SMILES string of the molecule is CC(C)(c1ccc(O)c(Cl)c1)C(N)C(=O)O. The number of rotatable bonds is 3. The zero-order valence-corrected chi connectivity index (χ0v) is 9.82. The summed E-state index contributed by atoms with van der Waals surface area (Å²) in [6.07, 6.45) is 0. The van der Waals surface area contributed by atoms with Crippen LogP contribution >= 0.6 is 11.6 Å². The minimum atomic E-state index is -1.07. The van der Waals surface area contributed by atoms with E-state index in [9.17, 15) is 9.90 Å². The summed E-state index contributed by atoms with van der Waals surface area (Å²) in [6, 6.07) is 3.53. The number of aliphatic carboxylic acids is 1. The molecule has 0 spiro atoms. The van der Waals surface area contributed by atoms with Crippen molar-refractivity contribution in [1.29, 1.82) is 0 Å². The van der Waals surface area contributed by atoms with E-state index in [-0.39, 0.29) is 10.8 Å². The van der Waals surface area contributed by atoms with Crippen molar-refractivity contribution in [2.75, 3.05) is 0 Å². The number of hydrogen-bond acceptors (Lipinski definition) is 3. The highest BCUT2D eigenvalue weighted by Gasteiger charge is 2.34. The fraction of sp³-hybridized carbons (Fsp3) is 0.364. The molecule has 16 heavy (non-hydrogen) atoms. The Hall–Kier alpha value is -1.26. The van der Waals surface area contributed by atoms with E-state index in [1.54, 1.807) is 19.9 Å².